The van der Waals surface area contributed by atoms with Crippen LogP contribution in [-0.2, 0) is 10.2 Å². The molecule has 0 bridgehead atoms. The minimum atomic E-state index is -0.112. The lowest BCUT2D eigenvalue weighted by atomic mass is 9.98. The van der Waals surface area contributed by atoms with Crippen LogP contribution < -0.4 is 5.32 Å². The molecular weight excluding hydrogens is 350 g/mol. The van der Waals surface area contributed by atoms with Crippen molar-refractivity contribution in [1.82, 2.24) is 10.3 Å². The molecule has 1 aromatic heterocycles. The summed E-state index contributed by atoms with van der Waals surface area (Å²) in [7, 11) is 0. The van der Waals surface area contributed by atoms with Gasteiger partial charge in [0.1, 0.15) is 0 Å². The summed E-state index contributed by atoms with van der Waals surface area (Å²) in [5, 5.41) is 4.52. The maximum absolute atomic E-state index is 12.2. The highest BCUT2D eigenvalue weighted by Crippen LogP contribution is 2.32. The normalized spacial score (nSPS) is 18.2. The summed E-state index contributed by atoms with van der Waals surface area (Å²) in [4.78, 5) is 22.9. The summed E-state index contributed by atoms with van der Waals surface area (Å²) in [6, 6.07) is 6.09. The topological polar surface area (TPSA) is 54.4 Å². The van der Waals surface area contributed by atoms with Crippen LogP contribution in [0.25, 0.3) is 6.08 Å². The second kappa shape index (κ2) is 6.77. The summed E-state index contributed by atoms with van der Waals surface area (Å²) in [5.41, 5.74) is 3.19. The molecule has 2 heterocycles. The maximum Gasteiger partial charge on any atom is 0.264 e. The summed E-state index contributed by atoms with van der Waals surface area (Å²) in [5.74, 6) is -0.112. The molecule has 6 heteroatoms. The Labute approximate surface area is 156 Å². The number of aryl methyl sites for hydroxylation is 2. The van der Waals surface area contributed by atoms with Gasteiger partial charge in [0.2, 0.25) is 0 Å². The number of rotatable bonds is 2. The van der Waals surface area contributed by atoms with E-state index >= 15 is 0 Å². The van der Waals surface area contributed by atoms with Gasteiger partial charge in [-0.1, -0.05) is 38.5 Å². The van der Waals surface area contributed by atoms with Crippen LogP contribution in [0.3, 0.4) is 0 Å². The molecule has 25 heavy (non-hydrogen) atoms. The average Bonchev–Trinajstić information content (AvgIpc) is 3.10. The average molecular weight is 372 g/mol. The van der Waals surface area contributed by atoms with Crippen molar-refractivity contribution in [3.05, 3.63) is 50.3 Å². The van der Waals surface area contributed by atoms with E-state index in [-0.39, 0.29) is 11.3 Å². The minimum absolute atomic E-state index is 0.0160. The van der Waals surface area contributed by atoms with Crippen LogP contribution in [0.5, 0.6) is 0 Å². The van der Waals surface area contributed by atoms with Gasteiger partial charge >= 0.3 is 0 Å². The maximum atomic E-state index is 12.2. The standard InChI is InChI=1S/C19H21N3OS2/c1-11-6-7-14(12(2)8-11)21-18-22-16(23)15(25-18)9-13-10-20-17(24-13)19(3,4)5/h6-10H,1-5H3,(H,21,22,23). The lowest BCUT2D eigenvalue weighted by Gasteiger charge is -2.13. The predicted molar refractivity (Wildman–Crippen MR) is 108 cm³/mol. The van der Waals surface area contributed by atoms with Gasteiger partial charge in [-0.25, -0.2) is 9.98 Å². The van der Waals surface area contributed by atoms with Gasteiger partial charge in [0.05, 0.1) is 15.6 Å². The second-order valence-corrected chi connectivity index (χ2v) is 9.18. The second-order valence-electron chi connectivity index (χ2n) is 7.09. The van der Waals surface area contributed by atoms with E-state index in [1.165, 1.54) is 17.3 Å². The molecule has 0 spiro atoms. The van der Waals surface area contributed by atoms with Crippen molar-refractivity contribution in [1.29, 1.82) is 0 Å². The van der Waals surface area contributed by atoms with Crippen molar-refractivity contribution < 1.29 is 4.79 Å². The first-order chi connectivity index (χ1) is 11.7. The molecule has 1 aromatic carbocycles. The molecule has 2 aromatic rings. The fourth-order valence-corrected chi connectivity index (χ4v) is 4.17. The number of carbonyl (C=O) groups excluding carboxylic acids is 1. The Balaban J connectivity index is 1.82. The number of aliphatic imine (C=N–C) groups is 1. The number of nitrogens with zero attached hydrogens (tertiary/aromatic N) is 2. The van der Waals surface area contributed by atoms with Gasteiger partial charge in [-0.15, -0.1) is 11.3 Å². The van der Waals surface area contributed by atoms with Gasteiger partial charge in [0, 0.05) is 16.5 Å². The summed E-state index contributed by atoms with van der Waals surface area (Å²) < 4.78 is 0. The van der Waals surface area contributed by atoms with Gasteiger partial charge in [0.15, 0.2) is 5.17 Å². The third-order valence-corrected chi connectivity index (χ3v) is 5.94. The fraction of sp³-hybridized carbons (Fsp3) is 0.316. The van der Waals surface area contributed by atoms with Crippen LogP contribution in [0.1, 0.15) is 41.8 Å². The number of thiazole rings is 1. The number of amides is 1. The lowest BCUT2D eigenvalue weighted by molar-refractivity contribution is -0.115. The SMILES string of the molecule is Cc1ccc(N=C2NC(=O)C(=Cc3cnc(C(C)(C)C)s3)S2)c(C)c1. The predicted octanol–water partition coefficient (Wildman–Crippen LogP) is 4.95. The number of hydrogen-bond acceptors (Lipinski definition) is 5. The van der Waals surface area contributed by atoms with E-state index in [4.69, 9.17) is 0 Å². The smallest absolute Gasteiger partial charge is 0.264 e. The Hall–Kier alpha value is -1.92. The highest BCUT2D eigenvalue weighted by atomic mass is 32.2. The van der Waals surface area contributed by atoms with E-state index in [2.05, 4.69) is 49.1 Å². The molecule has 0 atom stereocenters. The summed E-state index contributed by atoms with van der Waals surface area (Å²) in [6.45, 7) is 10.5. The first kappa shape index (κ1) is 17.9. The number of benzene rings is 1. The van der Waals surface area contributed by atoms with E-state index in [1.54, 1.807) is 11.3 Å². The molecule has 130 valence electrons. The summed E-state index contributed by atoms with van der Waals surface area (Å²) >= 11 is 2.98. The Morgan fingerprint density at radius 3 is 2.64 bits per heavy atom. The number of carbonyl (C=O) groups is 1. The highest BCUT2D eigenvalue weighted by molar-refractivity contribution is 8.18. The van der Waals surface area contributed by atoms with E-state index in [0.29, 0.717) is 10.1 Å². The number of aromatic nitrogens is 1. The van der Waals surface area contributed by atoms with Crippen molar-refractivity contribution in [2.75, 3.05) is 0 Å². The molecule has 1 amide bonds. The monoisotopic (exact) mass is 371 g/mol. The number of thioether (sulfide) groups is 1. The van der Waals surface area contributed by atoms with E-state index in [9.17, 15) is 4.79 Å². The van der Waals surface area contributed by atoms with Crippen molar-refractivity contribution in [3.8, 4) is 0 Å². The minimum Gasteiger partial charge on any atom is -0.300 e. The van der Waals surface area contributed by atoms with Gasteiger partial charge < -0.3 is 5.32 Å². The van der Waals surface area contributed by atoms with Gasteiger partial charge in [-0.05, 0) is 43.3 Å². The van der Waals surface area contributed by atoms with Crippen LogP contribution in [0.15, 0.2) is 34.3 Å². The van der Waals surface area contributed by atoms with Crippen molar-refractivity contribution in [2.45, 2.75) is 40.0 Å². The first-order valence-electron chi connectivity index (χ1n) is 8.05. The molecule has 0 saturated carbocycles. The van der Waals surface area contributed by atoms with E-state index < -0.39 is 0 Å². The Bertz CT molecular complexity index is 888. The molecule has 0 unspecified atom stereocenters. The molecule has 0 aliphatic carbocycles. The third kappa shape index (κ3) is 4.19. The first-order valence-corrected chi connectivity index (χ1v) is 9.69. The van der Waals surface area contributed by atoms with Crippen molar-refractivity contribution >= 4 is 45.9 Å². The lowest BCUT2D eigenvalue weighted by Crippen LogP contribution is -2.19. The Kier molecular flexibility index (Phi) is 4.84. The van der Waals surface area contributed by atoms with Gasteiger partial charge in [-0.2, -0.15) is 0 Å². The molecule has 1 aliphatic heterocycles. The Morgan fingerprint density at radius 1 is 1.24 bits per heavy atom. The molecule has 1 saturated heterocycles. The van der Waals surface area contributed by atoms with Crippen LogP contribution in [0.2, 0.25) is 0 Å². The molecule has 1 N–H and O–H groups in total. The third-order valence-electron chi connectivity index (χ3n) is 3.66. The number of amidine groups is 1. The quantitative estimate of drug-likeness (QED) is 0.760. The molecule has 1 aliphatic rings. The van der Waals surface area contributed by atoms with Crippen LogP contribution >= 0.6 is 23.1 Å². The van der Waals surface area contributed by atoms with E-state index in [0.717, 1.165) is 21.1 Å². The molecule has 1 fully saturated rings. The van der Waals surface area contributed by atoms with Crippen molar-refractivity contribution in [3.63, 3.8) is 0 Å². The number of nitrogens with one attached hydrogen (secondary N) is 1. The summed E-state index contributed by atoms with van der Waals surface area (Å²) in [6.07, 6.45) is 3.71. The Morgan fingerprint density at radius 2 is 2.00 bits per heavy atom. The van der Waals surface area contributed by atoms with Crippen LogP contribution in [-0.4, -0.2) is 16.1 Å². The van der Waals surface area contributed by atoms with Crippen molar-refractivity contribution in [2.24, 2.45) is 4.99 Å². The zero-order valence-electron chi connectivity index (χ0n) is 15.0. The van der Waals surface area contributed by atoms with E-state index in [1.807, 2.05) is 31.3 Å². The zero-order chi connectivity index (χ0) is 18.2. The van der Waals surface area contributed by atoms with Gasteiger partial charge in [-0.3, -0.25) is 4.79 Å². The zero-order valence-corrected chi connectivity index (χ0v) is 16.6. The fourth-order valence-electron chi connectivity index (χ4n) is 2.35. The highest BCUT2D eigenvalue weighted by Gasteiger charge is 2.25. The number of hydrogen-bond donors (Lipinski definition) is 1. The molecule has 4 nitrogen and oxygen atoms in total. The molecule has 3 rings (SSSR count). The molecular formula is C19H21N3OS2. The van der Waals surface area contributed by atoms with Crippen LogP contribution in [0, 0.1) is 13.8 Å². The largest absolute Gasteiger partial charge is 0.300 e. The molecule has 0 radical (unpaired) electrons. The van der Waals surface area contributed by atoms with Crippen LogP contribution in [0.4, 0.5) is 5.69 Å². The van der Waals surface area contributed by atoms with Gasteiger partial charge in [0.25, 0.3) is 5.91 Å².